The van der Waals surface area contributed by atoms with Gasteiger partial charge in [-0.3, -0.25) is 4.68 Å². The average molecular weight is 287 g/mol. The minimum atomic E-state index is -0.409. The minimum Gasteiger partial charge on any atom is -0.265 e. The zero-order chi connectivity index (χ0) is 13.3. The Hall–Kier alpha value is -1.06. The molecule has 2 aromatic rings. The molecule has 0 radical (unpaired) electrons. The van der Waals surface area contributed by atoms with Crippen LogP contribution >= 0.6 is 23.2 Å². The van der Waals surface area contributed by atoms with E-state index in [0.29, 0.717) is 12.4 Å². The predicted molar refractivity (Wildman–Crippen MR) is 71.8 cm³/mol. The molecule has 2 rings (SSSR count). The van der Waals surface area contributed by atoms with E-state index in [2.05, 4.69) is 5.10 Å². The normalized spacial score (nSPS) is 10.9. The molecule has 0 aliphatic rings. The lowest BCUT2D eigenvalue weighted by molar-refractivity contribution is 0.616. The number of alkyl halides is 1. The zero-order valence-corrected chi connectivity index (χ0v) is 11.7. The molecule has 0 N–H and O–H groups in total. The van der Waals surface area contributed by atoms with Crippen LogP contribution < -0.4 is 0 Å². The molecule has 0 bridgehead atoms. The summed E-state index contributed by atoms with van der Waals surface area (Å²) in [6.07, 6.45) is 0. The van der Waals surface area contributed by atoms with E-state index in [1.807, 2.05) is 18.5 Å². The van der Waals surface area contributed by atoms with Crippen molar-refractivity contribution in [3.63, 3.8) is 0 Å². The summed E-state index contributed by atoms with van der Waals surface area (Å²) in [6.45, 7) is 4.39. The Bertz CT molecular complexity index is 579. The van der Waals surface area contributed by atoms with Crippen LogP contribution in [0.4, 0.5) is 4.39 Å². The van der Waals surface area contributed by atoms with Crippen LogP contribution in [0.25, 0.3) is 0 Å². The van der Waals surface area contributed by atoms with E-state index < -0.39 is 5.82 Å². The summed E-state index contributed by atoms with van der Waals surface area (Å²) >= 11 is 11.5. The SMILES string of the molecule is Cc1nn(Cc2ccc(Cl)c(F)c2)c(C)c1CCl. The Morgan fingerprint density at radius 3 is 2.61 bits per heavy atom. The average Bonchev–Trinajstić information content (AvgIpc) is 2.59. The van der Waals surface area contributed by atoms with Gasteiger partial charge in [0, 0.05) is 11.3 Å². The van der Waals surface area contributed by atoms with Gasteiger partial charge in [-0.15, -0.1) is 11.6 Å². The van der Waals surface area contributed by atoms with Crippen molar-refractivity contribution >= 4 is 23.2 Å². The summed E-state index contributed by atoms with van der Waals surface area (Å²) in [4.78, 5) is 0. The van der Waals surface area contributed by atoms with Gasteiger partial charge in [-0.1, -0.05) is 17.7 Å². The summed E-state index contributed by atoms with van der Waals surface area (Å²) in [5, 5.41) is 4.54. The molecule has 0 spiro atoms. The van der Waals surface area contributed by atoms with Gasteiger partial charge in [-0.2, -0.15) is 5.10 Å². The number of hydrogen-bond donors (Lipinski definition) is 0. The fourth-order valence-corrected chi connectivity index (χ4v) is 2.40. The Labute approximate surface area is 115 Å². The van der Waals surface area contributed by atoms with Gasteiger partial charge in [-0.25, -0.2) is 4.39 Å². The highest BCUT2D eigenvalue weighted by Gasteiger charge is 2.11. The number of halogens is 3. The molecular weight excluding hydrogens is 274 g/mol. The first-order valence-corrected chi connectivity index (χ1v) is 6.47. The van der Waals surface area contributed by atoms with Gasteiger partial charge in [0.1, 0.15) is 5.82 Å². The third-order valence-corrected chi connectivity index (χ3v) is 3.56. The number of rotatable bonds is 3. The van der Waals surface area contributed by atoms with Crippen LogP contribution in [0.1, 0.15) is 22.5 Å². The van der Waals surface area contributed by atoms with Gasteiger partial charge in [0.15, 0.2) is 0 Å². The predicted octanol–water partition coefficient (Wildman–Crippen LogP) is 4.08. The fraction of sp³-hybridized carbons (Fsp3) is 0.308. The topological polar surface area (TPSA) is 17.8 Å². The lowest BCUT2D eigenvalue weighted by atomic mass is 10.2. The van der Waals surface area contributed by atoms with Crippen LogP contribution in [0, 0.1) is 19.7 Å². The Morgan fingerprint density at radius 1 is 1.33 bits per heavy atom. The van der Waals surface area contributed by atoms with Crippen molar-refractivity contribution in [1.29, 1.82) is 0 Å². The van der Waals surface area contributed by atoms with E-state index in [4.69, 9.17) is 23.2 Å². The highest BCUT2D eigenvalue weighted by atomic mass is 35.5. The van der Waals surface area contributed by atoms with E-state index in [1.165, 1.54) is 6.07 Å². The summed E-state index contributed by atoms with van der Waals surface area (Å²) in [5.41, 5.74) is 3.78. The molecule has 0 aliphatic carbocycles. The van der Waals surface area contributed by atoms with Crippen molar-refractivity contribution in [2.75, 3.05) is 0 Å². The van der Waals surface area contributed by atoms with Crippen molar-refractivity contribution < 1.29 is 4.39 Å². The monoisotopic (exact) mass is 286 g/mol. The molecular formula is C13H13Cl2FN2. The third-order valence-electron chi connectivity index (χ3n) is 2.98. The number of benzene rings is 1. The van der Waals surface area contributed by atoms with Crippen molar-refractivity contribution in [2.24, 2.45) is 0 Å². The molecule has 0 saturated carbocycles. The van der Waals surface area contributed by atoms with Gasteiger partial charge in [-0.05, 0) is 31.5 Å². The summed E-state index contributed by atoms with van der Waals surface area (Å²) in [7, 11) is 0. The molecule has 1 aromatic heterocycles. The molecule has 96 valence electrons. The molecule has 0 aliphatic heterocycles. The van der Waals surface area contributed by atoms with E-state index in [-0.39, 0.29) is 5.02 Å². The highest BCUT2D eigenvalue weighted by Crippen LogP contribution is 2.19. The van der Waals surface area contributed by atoms with Crippen molar-refractivity contribution in [1.82, 2.24) is 9.78 Å². The Balaban J connectivity index is 2.31. The molecule has 0 saturated heterocycles. The smallest absolute Gasteiger partial charge is 0.142 e. The van der Waals surface area contributed by atoms with Crippen LogP contribution in [0.2, 0.25) is 5.02 Å². The van der Waals surface area contributed by atoms with Gasteiger partial charge in [0.05, 0.1) is 23.1 Å². The quantitative estimate of drug-likeness (QED) is 0.778. The third kappa shape index (κ3) is 2.52. The first kappa shape index (κ1) is 13.4. The van der Waals surface area contributed by atoms with Gasteiger partial charge in [0.25, 0.3) is 0 Å². The number of nitrogens with zero attached hydrogens (tertiary/aromatic N) is 2. The second-order valence-corrected chi connectivity index (χ2v) is 4.86. The van der Waals surface area contributed by atoms with Crippen molar-refractivity contribution in [2.45, 2.75) is 26.3 Å². The highest BCUT2D eigenvalue weighted by molar-refractivity contribution is 6.30. The molecule has 0 amide bonds. The van der Waals surface area contributed by atoms with Crippen LogP contribution in [0.15, 0.2) is 18.2 Å². The molecule has 1 aromatic carbocycles. The summed E-state index contributed by atoms with van der Waals surface area (Å²) < 4.78 is 15.2. The van der Waals surface area contributed by atoms with Crippen molar-refractivity contribution in [3.8, 4) is 0 Å². The molecule has 5 heteroatoms. The lowest BCUT2D eigenvalue weighted by Gasteiger charge is -2.06. The van der Waals surface area contributed by atoms with E-state index in [0.717, 1.165) is 22.5 Å². The standard InChI is InChI=1S/C13H13Cl2FN2/c1-8-11(6-14)9(2)18(17-8)7-10-3-4-12(15)13(16)5-10/h3-5H,6-7H2,1-2H3. The van der Waals surface area contributed by atoms with Crippen molar-refractivity contribution in [3.05, 3.63) is 51.6 Å². The largest absolute Gasteiger partial charge is 0.265 e. The Kier molecular flexibility index (Phi) is 3.93. The zero-order valence-electron chi connectivity index (χ0n) is 10.2. The first-order chi connectivity index (χ1) is 8.52. The number of hydrogen-bond acceptors (Lipinski definition) is 1. The van der Waals surface area contributed by atoms with Crippen LogP contribution in [0.5, 0.6) is 0 Å². The minimum absolute atomic E-state index is 0.133. The second-order valence-electron chi connectivity index (χ2n) is 4.19. The maximum atomic E-state index is 13.4. The molecule has 1 heterocycles. The van der Waals surface area contributed by atoms with Crippen LogP contribution in [0.3, 0.4) is 0 Å². The molecule has 0 atom stereocenters. The number of aryl methyl sites for hydroxylation is 1. The first-order valence-electron chi connectivity index (χ1n) is 5.55. The van der Waals surface area contributed by atoms with Crippen LogP contribution in [-0.4, -0.2) is 9.78 Å². The summed E-state index contributed by atoms with van der Waals surface area (Å²) in [6, 6.07) is 4.78. The lowest BCUT2D eigenvalue weighted by Crippen LogP contribution is -2.04. The molecule has 18 heavy (non-hydrogen) atoms. The van der Waals surface area contributed by atoms with Gasteiger partial charge in [0.2, 0.25) is 0 Å². The number of aromatic nitrogens is 2. The van der Waals surface area contributed by atoms with Gasteiger partial charge < -0.3 is 0 Å². The second kappa shape index (κ2) is 5.29. The molecule has 2 nitrogen and oxygen atoms in total. The maximum absolute atomic E-state index is 13.4. The summed E-state index contributed by atoms with van der Waals surface area (Å²) in [5.74, 6) is 0.0281. The fourth-order valence-electron chi connectivity index (χ4n) is 1.89. The van der Waals surface area contributed by atoms with Gasteiger partial charge >= 0.3 is 0 Å². The maximum Gasteiger partial charge on any atom is 0.142 e. The van der Waals surface area contributed by atoms with E-state index in [9.17, 15) is 4.39 Å². The Morgan fingerprint density at radius 2 is 2.06 bits per heavy atom. The van der Waals surface area contributed by atoms with Crippen LogP contribution in [-0.2, 0) is 12.4 Å². The van der Waals surface area contributed by atoms with E-state index in [1.54, 1.807) is 12.1 Å². The molecule has 0 unspecified atom stereocenters. The van der Waals surface area contributed by atoms with E-state index >= 15 is 0 Å². The molecule has 0 fully saturated rings.